The number of carbonyl (C=O) groups is 3. The molecule has 40 atom stereocenters. The van der Waals surface area contributed by atoms with Gasteiger partial charge in [0, 0.05) is 26.9 Å². The highest BCUT2D eigenvalue weighted by Gasteiger charge is 2.60. The first-order chi connectivity index (χ1) is 47.3. The van der Waals surface area contributed by atoms with Gasteiger partial charge in [0.2, 0.25) is 11.8 Å². The molecule has 21 N–H and O–H groups in total. The van der Waals surface area contributed by atoms with E-state index in [1.807, 2.05) is 0 Å². The second-order valence-electron chi connectivity index (χ2n) is 26.0. The molecule has 0 unspecified atom stereocenters. The molecule has 100 heavy (non-hydrogen) atoms. The van der Waals surface area contributed by atoms with Crippen molar-refractivity contribution in [2.75, 3.05) is 40.1 Å². The zero-order chi connectivity index (χ0) is 73.6. The quantitative estimate of drug-likeness (QED) is 0.0268. The first-order valence-corrected chi connectivity index (χ1v) is 33.0. The van der Waals surface area contributed by atoms with Gasteiger partial charge in [-0.15, -0.1) is 0 Å². The minimum Gasteiger partial charge on any atom is -0.469 e. The lowest BCUT2D eigenvalue weighted by Gasteiger charge is -2.51. The molecule has 2 amide bonds. The number of ether oxygens (including phenoxy) is 17. The number of esters is 1. The van der Waals surface area contributed by atoms with Gasteiger partial charge in [-0.1, -0.05) is 6.42 Å². The van der Waals surface area contributed by atoms with Crippen LogP contribution in [-0.2, 0) is 94.9 Å². The standard InChI is InChI=1S/C59H100N2O39/c1-17-30(69)38(77)41(80)55(87-17)99-50-39(78)34(73)23(13-62)92-58(50)94-46-29(61-22(6)67)53(91-26(16-65)37(46)76)97-48-32(71)19(3)88-56(43(48)82)98-49-33(72)20(4)89-57(44(49)83)100-51-40(79)35(74)24(14-63)93-59(51)95-45-28(60-21(5)66)52(90-25(15-64)36(45)75)96-47-31(70)18(2)86-54(42(47)81)85-12-10-8-9-11-27(68)84-7/h17-20,23-26,28-59,62-65,69-83H,8-16H2,1-7H3,(H,60,66)(H,61,67)/t17-,18-,19-,20-,23+,24+,25+,26+,28+,29+,30-,31-,32-,33-,34+,35+,36+,37+,38+,39-,40-,41+,42+,43+,44+,45+,46+,47+,48+,49+,50+,51+,52+,53+,54+,55-,56-,57-,58+,59+/m0/s1. The zero-order valence-corrected chi connectivity index (χ0v) is 55.6. The van der Waals surface area contributed by atoms with E-state index in [0.717, 1.165) is 13.8 Å². The molecule has 0 bridgehead atoms. The molecule has 8 fully saturated rings. The third kappa shape index (κ3) is 18.7. The fourth-order valence-electron chi connectivity index (χ4n) is 13.0. The Kier molecular flexibility index (Phi) is 30.2. The van der Waals surface area contributed by atoms with E-state index >= 15 is 0 Å². The lowest BCUT2D eigenvalue weighted by molar-refractivity contribution is -0.398. The molecule has 0 radical (unpaired) electrons. The van der Waals surface area contributed by atoms with Crippen LogP contribution in [0.2, 0.25) is 0 Å². The smallest absolute Gasteiger partial charge is 0.305 e. The number of methoxy groups -OCH3 is 1. The third-order valence-corrected chi connectivity index (χ3v) is 18.8. The first-order valence-electron chi connectivity index (χ1n) is 33.0. The highest BCUT2D eigenvalue weighted by Crippen LogP contribution is 2.40. The molecule has 0 aromatic rings. The number of hydrogen-bond donors (Lipinski definition) is 21. The lowest BCUT2D eigenvalue weighted by atomic mass is 9.94. The summed E-state index contributed by atoms with van der Waals surface area (Å²) in [5.74, 6) is -2.09. The van der Waals surface area contributed by atoms with E-state index in [-0.39, 0.29) is 13.0 Å². The van der Waals surface area contributed by atoms with Gasteiger partial charge in [0.05, 0.1) is 58.0 Å². The van der Waals surface area contributed by atoms with E-state index in [4.69, 9.17) is 75.8 Å². The average Bonchev–Trinajstić information content (AvgIpc) is 0.773. The molecule has 0 aromatic carbocycles. The van der Waals surface area contributed by atoms with Gasteiger partial charge in [-0.2, -0.15) is 0 Å². The van der Waals surface area contributed by atoms with Gasteiger partial charge in [0.15, 0.2) is 50.3 Å². The Morgan fingerprint density at radius 3 is 1.02 bits per heavy atom. The van der Waals surface area contributed by atoms with Gasteiger partial charge in [-0.3, -0.25) is 14.4 Å². The molecule has 41 heteroatoms. The maximum atomic E-state index is 13.0. The minimum absolute atomic E-state index is 0.0150. The van der Waals surface area contributed by atoms with Crippen molar-refractivity contribution in [3.05, 3.63) is 0 Å². The van der Waals surface area contributed by atoms with E-state index in [0.29, 0.717) is 19.3 Å². The molecule has 8 rings (SSSR count). The number of amides is 2. The van der Waals surface area contributed by atoms with Crippen LogP contribution in [0, 0.1) is 0 Å². The molecule has 8 aliphatic rings. The Morgan fingerprint density at radius 1 is 0.320 bits per heavy atom. The lowest BCUT2D eigenvalue weighted by Crippen LogP contribution is -2.70. The predicted molar refractivity (Wildman–Crippen MR) is 316 cm³/mol. The summed E-state index contributed by atoms with van der Waals surface area (Å²) < 4.78 is 99.8. The van der Waals surface area contributed by atoms with Gasteiger partial charge in [-0.05, 0) is 40.5 Å². The van der Waals surface area contributed by atoms with Crippen molar-refractivity contribution in [2.24, 2.45) is 0 Å². The minimum atomic E-state index is -2.25. The normalized spacial score (nSPS) is 48.8. The molecule has 41 nitrogen and oxygen atoms in total. The van der Waals surface area contributed by atoms with Crippen molar-refractivity contribution >= 4 is 17.8 Å². The number of nitrogens with one attached hydrogen (secondary N) is 2. The SMILES string of the molecule is COC(=O)CCCCCO[C@@H]1O[C@@H](C)[C@H](O)[C@@H](O[C@H]2O[C@H](CO)[C@@H](O)[C@H](O[C@H]3O[C@H](CO)[C@@H](O)[C@H](O)[C@H]3O[C@@H]3O[C@@H](C)[C@H](O)[C@@H](O[C@@H]4O[C@@H](C)[C@H](O)[C@@H](O[C@H]5O[C@H](CO)[C@@H](O)[C@H](O[C@H]6O[C@H](CO)[C@@H](O)[C@H](O)[C@H]6O[C@@H]6O[C@@H](C)[C@H](O)[C@@H](O)[C@H]6O)[C@H]5NC(C)=O)[C@H]4O)[C@H]3O)[C@H]2NC(C)=O)[C@H]1O. The van der Waals surface area contributed by atoms with Crippen LogP contribution in [0.15, 0.2) is 0 Å². The van der Waals surface area contributed by atoms with Crippen molar-refractivity contribution in [2.45, 2.75) is 313 Å². The predicted octanol–water partition coefficient (Wildman–Crippen LogP) is -12.3. The fourth-order valence-corrected chi connectivity index (χ4v) is 13.0. The zero-order valence-electron chi connectivity index (χ0n) is 55.6. The maximum absolute atomic E-state index is 13.0. The summed E-state index contributed by atoms with van der Waals surface area (Å²) in [6.07, 6.45) is -68.6. The molecule has 0 saturated carbocycles. The molecule has 8 saturated heterocycles. The van der Waals surface area contributed by atoms with Crippen LogP contribution in [0.1, 0.15) is 67.2 Å². The van der Waals surface area contributed by atoms with E-state index in [2.05, 4.69) is 15.4 Å². The summed E-state index contributed by atoms with van der Waals surface area (Å²) in [5.41, 5.74) is 0. The van der Waals surface area contributed by atoms with E-state index in [1.54, 1.807) is 0 Å². The summed E-state index contributed by atoms with van der Waals surface area (Å²) in [6, 6.07) is -3.52. The Morgan fingerprint density at radius 2 is 0.640 bits per heavy atom. The van der Waals surface area contributed by atoms with Gasteiger partial charge < -0.3 is 188 Å². The maximum Gasteiger partial charge on any atom is 0.305 e. The summed E-state index contributed by atoms with van der Waals surface area (Å²) in [6.45, 7) is 3.35. The van der Waals surface area contributed by atoms with Crippen LogP contribution >= 0.6 is 0 Å². The first kappa shape index (κ1) is 82.7. The molecular weight excluding hydrogens is 1360 g/mol. The van der Waals surface area contributed by atoms with Crippen molar-refractivity contribution in [3.63, 3.8) is 0 Å². The highest BCUT2D eigenvalue weighted by molar-refractivity contribution is 5.73. The average molecular weight is 1460 g/mol. The van der Waals surface area contributed by atoms with Gasteiger partial charge in [-0.25, -0.2) is 0 Å². The molecule has 8 heterocycles. The second-order valence-corrected chi connectivity index (χ2v) is 26.0. The van der Waals surface area contributed by atoms with E-state index < -0.39 is 290 Å². The van der Waals surface area contributed by atoms with Crippen molar-refractivity contribution in [1.29, 1.82) is 0 Å². The van der Waals surface area contributed by atoms with Crippen LogP contribution in [0.5, 0.6) is 0 Å². The van der Waals surface area contributed by atoms with Crippen LogP contribution in [0.25, 0.3) is 0 Å². The second kappa shape index (κ2) is 36.5. The summed E-state index contributed by atoms with van der Waals surface area (Å²) in [4.78, 5) is 37.6. The van der Waals surface area contributed by atoms with Gasteiger partial charge in [0.1, 0.15) is 171 Å². The van der Waals surface area contributed by atoms with Gasteiger partial charge in [0.25, 0.3) is 0 Å². The fraction of sp³-hybridized carbons (Fsp3) is 0.949. The number of hydrogen-bond acceptors (Lipinski definition) is 39. The number of unbranched alkanes of at least 4 members (excludes halogenated alkanes) is 2. The molecular formula is C59H100N2O39. The monoisotopic (exact) mass is 1460 g/mol. The number of rotatable bonds is 27. The van der Waals surface area contributed by atoms with Crippen LogP contribution < -0.4 is 10.6 Å². The number of aliphatic hydroxyl groups is 19. The molecule has 0 aliphatic carbocycles. The Bertz CT molecular complexity index is 2550. The van der Waals surface area contributed by atoms with Crippen molar-refractivity contribution < 1.29 is 192 Å². The molecule has 0 spiro atoms. The molecule has 580 valence electrons. The molecule has 8 aliphatic heterocycles. The summed E-state index contributed by atoms with van der Waals surface area (Å²) >= 11 is 0. The molecule has 0 aromatic heterocycles. The Labute approximate surface area is 571 Å². The Balaban J connectivity index is 1.01. The van der Waals surface area contributed by atoms with Gasteiger partial charge >= 0.3 is 5.97 Å². The van der Waals surface area contributed by atoms with E-state index in [9.17, 15) is 111 Å². The topological polar surface area (TPSA) is 617 Å². The summed E-state index contributed by atoms with van der Waals surface area (Å²) in [5, 5.41) is 218. The summed E-state index contributed by atoms with van der Waals surface area (Å²) in [7, 11) is 1.26. The highest BCUT2D eigenvalue weighted by atomic mass is 16.8. The van der Waals surface area contributed by atoms with Crippen molar-refractivity contribution in [1.82, 2.24) is 10.6 Å². The largest absolute Gasteiger partial charge is 0.469 e. The number of carbonyl (C=O) groups excluding carboxylic acids is 3. The van der Waals surface area contributed by atoms with Crippen LogP contribution in [-0.4, -0.2) is 400 Å². The Hall–Kier alpha value is -2.99. The van der Waals surface area contributed by atoms with Crippen LogP contribution in [0.4, 0.5) is 0 Å². The van der Waals surface area contributed by atoms with Crippen LogP contribution in [0.3, 0.4) is 0 Å². The number of aliphatic hydroxyl groups excluding tert-OH is 19. The van der Waals surface area contributed by atoms with Crippen molar-refractivity contribution in [3.8, 4) is 0 Å². The van der Waals surface area contributed by atoms with E-state index in [1.165, 1.54) is 34.8 Å². The third-order valence-electron chi connectivity index (χ3n) is 18.8.